The zero-order chi connectivity index (χ0) is 13.2. The van der Waals surface area contributed by atoms with Gasteiger partial charge in [0.2, 0.25) is 5.91 Å². The first-order valence-corrected chi connectivity index (χ1v) is 7.58. The molecule has 3 nitrogen and oxygen atoms in total. The highest BCUT2D eigenvalue weighted by Crippen LogP contribution is 2.37. The minimum Gasteiger partial charge on any atom is -0.392 e. The molecule has 0 bridgehead atoms. The predicted octanol–water partition coefficient (Wildman–Crippen LogP) is 2.53. The molecule has 2 fully saturated rings. The van der Waals surface area contributed by atoms with E-state index in [1.165, 1.54) is 25.7 Å². The molecule has 1 amide bonds. The van der Waals surface area contributed by atoms with Crippen LogP contribution in [0, 0.1) is 11.3 Å². The van der Waals surface area contributed by atoms with E-state index in [0.29, 0.717) is 10.9 Å². The van der Waals surface area contributed by atoms with Gasteiger partial charge >= 0.3 is 0 Å². The van der Waals surface area contributed by atoms with E-state index >= 15 is 0 Å². The summed E-state index contributed by atoms with van der Waals surface area (Å²) in [6.07, 6.45) is 8.62. The molecule has 0 aromatic heterocycles. The standard InChI is InChI=1S/C14H24N2OS/c1-10(11-6-7-11)16-13(17)14(12(15)18)8-4-2-3-5-9-14/h10-11H,2-9H2,1H3,(H2,15,18)(H,16,17). The van der Waals surface area contributed by atoms with Crippen molar-refractivity contribution in [3.63, 3.8) is 0 Å². The van der Waals surface area contributed by atoms with Crippen molar-refractivity contribution in [1.82, 2.24) is 5.32 Å². The highest BCUT2D eigenvalue weighted by Gasteiger charge is 2.43. The lowest BCUT2D eigenvalue weighted by molar-refractivity contribution is -0.128. The molecule has 0 aromatic rings. The second-order valence-electron chi connectivity index (χ2n) is 5.96. The lowest BCUT2D eigenvalue weighted by Gasteiger charge is -2.31. The van der Waals surface area contributed by atoms with Crippen LogP contribution in [0.3, 0.4) is 0 Å². The number of rotatable bonds is 4. The molecule has 3 N–H and O–H groups in total. The van der Waals surface area contributed by atoms with Gasteiger partial charge in [-0.2, -0.15) is 0 Å². The first kappa shape index (κ1) is 13.8. The highest BCUT2D eigenvalue weighted by molar-refractivity contribution is 7.80. The first-order valence-electron chi connectivity index (χ1n) is 7.17. The molecule has 102 valence electrons. The Kier molecular flexibility index (Phi) is 4.25. The minimum absolute atomic E-state index is 0.0799. The fraction of sp³-hybridized carbons (Fsp3) is 0.857. The summed E-state index contributed by atoms with van der Waals surface area (Å²) < 4.78 is 0. The Morgan fingerprint density at radius 1 is 1.28 bits per heavy atom. The molecule has 2 saturated carbocycles. The molecular weight excluding hydrogens is 244 g/mol. The van der Waals surface area contributed by atoms with Crippen LogP contribution in [0.1, 0.15) is 58.3 Å². The second-order valence-corrected chi connectivity index (χ2v) is 6.40. The number of carbonyl (C=O) groups excluding carboxylic acids is 1. The molecule has 2 aliphatic rings. The lowest BCUT2D eigenvalue weighted by Crippen LogP contribution is -2.51. The minimum atomic E-state index is -0.574. The van der Waals surface area contributed by atoms with Crippen LogP contribution < -0.4 is 11.1 Å². The SMILES string of the molecule is CC(NC(=O)C1(C(N)=S)CCCCCC1)C1CC1. The van der Waals surface area contributed by atoms with Gasteiger partial charge in [0.25, 0.3) is 0 Å². The van der Waals surface area contributed by atoms with E-state index in [4.69, 9.17) is 18.0 Å². The van der Waals surface area contributed by atoms with E-state index in [9.17, 15) is 4.79 Å². The number of amides is 1. The number of hydrogen-bond donors (Lipinski definition) is 2. The summed E-state index contributed by atoms with van der Waals surface area (Å²) in [4.78, 5) is 13.0. The normalized spacial score (nSPS) is 24.9. The first-order chi connectivity index (χ1) is 8.56. The fourth-order valence-electron chi connectivity index (χ4n) is 2.98. The molecule has 2 aliphatic carbocycles. The number of nitrogens with one attached hydrogen (secondary N) is 1. The Balaban J connectivity index is 2.07. The molecule has 18 heavy (non-hydrogen) atoms. The average molecular weight is 268 g/mol. The number of carbonyl (C=O) groups is 1. The van der Waals surface area contributed by atoms with Crippen molar-refractivity contribution in [2.45, 2.75) is 64.3 Å². The molecule has 4 heteroatoms. The predicted molar refractivity (Wildman–Crippen MR) is 77.2 cm³/mol. The quantitative estimate of drug-likeness (QED) is 0.608. The molecule has 1 unspecified atom stereocenters. The largest absolute Gasteiger partial charge is 0.392 e. The summed E-state index contributed by atoms with van der Waals surface area (Å²) >= 11 is 5.22. The Labute approximate surface area is 115 Å². The zero-order valence-electron chi connectivity index (χ0n) is 11.2. The molecule has 0 spiro atoms. The van der Waals surface area contributed by atoms with Crippen LogP contribution in [0.4, 0.5) is 0 Å². The third-order valence-electron chi connectivity index (χ3n) is 4.55. The van der Waals surface area contributed by atoms with Crippen LogP contribution in [0.15, 0.2) is 0 Å². The van der Waals surface area contributed by atoms with Gasteiger partial charge in [-0.1, -0.05) is 37.9 Å². The smallest absolute Gasteiger partial charge is 0.233 e. The summed E-state index contributed by atoms with van der Waals surface area (Å²) in [5.41, 5.74) is 5.34. The molecule has 1 atom stereocenters. The summed E-state index contributed by atoms with van der Waals surface area (Å²) in [5, 5.41) is 3.16. The van der Waals surface area contributed by atoms with Gasteiger partial charge in [0.05, 0.1) is 10.4 Å². The monoisotopic (exact) mass is 268 g/mol. The van der Waals surface area contributed by atoms with E-state index in [-0.39, 0.29) is 11.9 Å². The van der Waals surface area contributed by atoms with E-state index in [1.807, 2.05) is 0 Å². The van der Waals surface area contributed by atoms with Crippen LogP contribution in [0.25, 0.3) is 0 Å². The molecule has 0 heterocycles. The van der Waals surface area contributed by atoms with E-state index < -0.39 is 5.41 Å². The Morgan fingerprint density at radius 2 is 1.83 bits per heavy atom. The zero-order valence-corrected chi connectivity index (χ0v) is 12.0. The topological polar surface area (TPSA) is 55.1 Å². The lowest BCUT2D eigenvalue weighted by atomic mass is 9.79. The summed E-state index contributed by atoms with van der Waals surface area (Å²) in [7, 11) is 0. The van der Waals surface area contributed by atoms with Crippen molar-refractivity contribution in [3.8, 4) is 0 Å². The van der Waals surface area contributed by atoms with E-state index in [1.54, 1.807) is 0 Å². The van der Waals surface area contributed by atoms with E-state index in [2.05, 4.69) is 12.2 Å². The van der Waals surface area contributed by atoms with Crippen molar-refractivity contribution in [1.29, 1.82) is 0 Å². The Morgan fingerprint density at radius 3 is 2.28 bits per heavy atom. The van der Waals surface area contributed by atoms with Gasteiger partial charge in [-0.15, -0.1) is 0 Å². The van der Waals surface area contributed by atoms with Crippen molar-refractivity contribution >= 4 is 23.1 Å². The summed E-state index contributed by atoms with van der Waals surface area (Å²) in [6, 6.07) is 0.270. The second kappa shape index (κ2) is 5.55. The highest BCUT2D eigenvalue weighted by atomic mass is 32.1. The molecule has 0 radical (unpaired) electrons. The van der Waals surface area contributed by atoms with Gasteiger partial charge in [0.1, 0.15) is 0 Å². The number of hydrogen-bond acceptors (Lipinski definition) is 2. The van der Waals surface area contributed by atoms with Crippen LogP contribution in [-0.2, 0) is 4.79 Å². The maximum Gasteiger partial charge on any atom is 0.233 e. The van der Waals surface area contributed by atoms with Gasteiger partial charge in [-0.3, -0.25) is 4.79 Å². The molecule has 0 saturated heterocycles. The van der Waals surface area contributed by atoms with E-state index in [0.717, 1.165) is 25.7 Å². The summed E-state index contributed by atoms with van der Waals surface area (Å²) in [6.45, 7) is 2.10. The average Bonchev–Trinajstić information content (AvgIpc) is 3.16. The van der Waals surface area contributed by atoms with Crippen LogP contribution in [-0.4, -0.2) is 16.9 Å². The van der Waals surface area contributed by atoms with Crippen LogP contribution in [0.2, 0.25) is 0 Å². The molecule has 2 rings (SSSR count). The fourth-order valence-corrected chi connectivity index (χ4v) is 3.27. The Bertz CT molecular complexity index is 331. The van der Waals surface area contributed by atoms with Crippen molar-refractivity contribution in [2.75, 3.05) is 0 Å². The number of thiocarbonyl (C=S) groups is 1. The molecular formula is C14H24N2OS. The van der Waals surface area contributed by atoms with Gasteiger partial charge < -0.3 is 11.1 Å². The van der Waals surface area contributed by atoms with Gasteiger partial charge in [-0.25, -0.2) is 0 Å². The summed E-state index contributed by atoms with van der Waals surface area (Å²) in [5.74, 6) is 0.749. The maximum atomic E-state index is 12.6. The number of nitrogens with two attached hydrogens (primary N) is 1. The Hall–Kier alpha value is -0.640. The molecule has 0 aromatic carbocycles. The van der Waals surface area contributed by atoms with Gasteiger partial charge in [-0.05, 0) is 38.5 Å². The maximum absolute atomic E-state index is 12.6. The van der Waals surface area contributed by atoms with Crippen molar-refractivity contribution in [3.05, 3.63) is 0 Å². The van der Waals surface area contributed by atoms with Crippen molar-refractivity contribution < 1.29 is 4.79 Å². The van der Waals surface area contributed by atoms with Crippen molar-refractivity contribution in [2.24, 2.45) is 17.1 Å². The van der Waals surface area contributed by atoms with Gasteiger partial charge in [0.15, 0.2) is 0 Å². The van der Waals surface area contributed by atoms with Gasteiger partial charge in [0, 0.05) is 6.04 Å². The van der Waals surface area contributed by atoms with Crippen LogP contribution >= 0.6 is 12.2 Å². The molecule has 0 aliphatic heterocycles. The third kappa shape index (κ3) is 2.85. The third-order valence-corrected chi connectivity index (χ3v) is 4.94. The van der Waals surface area contributed by atoms with Crippen LogP contribution in [0.5, 0.6) is 0 Å².